The fourth-order valence-electron chi connectivity index (χ4n) is 2.99. The molecule has 0 spiro atoms. The second-order valence-electron chi connectivity index (χ2n) is 6.24. The van der Waals surface area contributed by atoms with Crippen LogP contribution in [0.2, 0.25) is 0 Å². The van der Waals surface area contributed by atoms with Gasteiger partial charge in [-0.15, -0.1) is 0 Å². The summed E-state index contributed by atoms with van der Waals surface area (Å²) in [7, 11) is 0. The maximum Gasteiger partial charge on any atom is 0.253 e. The molecule has 2 aromatic rings. The van der Waals surface area contributed by atoms with Crippen LogP contribution in [0.4, 0.5) is 11.8 Å². The third-order valence-corrected chi connectivity index (χ3v) is 5.05. The molecule has 1 aliphatic heterocycles. The van der Waals surface area contributed by atoms with Crippen molar-refractivity contribution in [2.75, 3.05) is 56.2 Å². The zero-order valence-corrected chi connectivity index (χ0v) is 15.7. The van der Waals surface area contributed by atoms with Crippen LogP contribution in [0, 0.1) is 0 Å². The van der Waals surface area contributed by atoms with Gasteiger partial charge >= 0.3 is 0 Å². The molecule has 0 unspecified atom stereocenters. The highest BCUT2D eigenvalue weighted by atomic mass is 32.2. The minimum absolute atomic E-state index is 0.0720. The van der Waals surface area contributed by atoms with E-state index in [0.717, 1.165) is 44.0 Å². The number of thioether (sulfide) groups is 1. The first-order valence-electron chi connectivity index (χ1n) is 8.58. The molecule has 1 fully saturated rings. The molecule has 1 aromatic heterocycles. The van der Waals surface area contributed by atoms with E-state index in [0.29, 0.717) is 17.1 Å². The number of nitrogen functional groups attached to an aromatic ring is 2. The molecule has 26 heavy (non-hydrogen) atoms. The molecule has 3 rings (SSSR count). The van der Waals surface area contributed by atoms with Crippen LogP contribution in [0.3, 0.4) is 0 Å². The van der Waals surface area contributed by atoms with Gasteiger partial charge < -0.3 is 16.4 Å². The maximum absolute atomic E-state index is 12.7. The lowest BCUT2D eigenvalue weighted by Gasteiger charge is -2.34. The van der Waals surface area contributed by atoms with Gasteiger partial charge in [0, 0.05) is 55.7 Å². The van der Waals surface area contributed by atoms with Crippen molar-refractivity contribution in [3.63, 3.8) is 0 Å². The van der Waals surface area contributed by atoms with Crippen LogP contribution in [0.15, 0.2) is 30.3 Å². The van der Waals surface area contributed by atoms with E-state index in [9.17, 15) is 4.79 Å². The molecule has 2 heterocycles. The number of benzene rings is 1. The van der Waals surface area contributed by atoms with Crippen LogP contribution in [-0.4, -0.2) is 70.4 Å². The van der Waals surface area contributed by atoms with Gasteiger partial charge in [0.05, 0.1) is 5.69 Å². The molecule has 1 amide bonds. The third-order valence-electron chi connectivity index (χ3n) is 4.46. The van der Waals surface area contributed by atoms with E-state index in [1.807, 2.05) is 40.9 Å². The van der Waals surface area contributed by atoms with E-state index in [2.05, 4.69) is 21.1 Å². The third kappa shape index (κ3) is 4.44. The van der Waals surface area contributed by atoms with Crippen molar-refractivity contribution >= 4 is 29.4 Å². The summed E-state index contributed by atoms with van der Waals surface area (Å²) in [5.41, 5.74) is 13.5. The van der Waals surface area contributed by atoms with Gasteiger partial charge in [0.15, 0.2) is 0 Å². The Kier molecular flexibility index (Phi) is 5.95. The molecule has 0 saturated carbocycles. The fourth-order valence-corrected chi connectivity index (χ4v) is 3.44. The van der Waals surface area contributed by atoms with E-state index in [1.165, 1.54) is 0 Å². The molecule has 0 bridgehead atoms. The van der Waals surface area contributed by atoms with Crippen LogP contribution in [-0.2, 0) is 0 Å². The zero-order chi connectivity index (χ0) is 18.5. The van der Waals surface area contributed by atoms with E-state index < -0.39 is 0 Å². The number of hydrogen-bond acceptors (Lipinski definition) is 7. The maximum atomic E-state index is 12.7. The molecular formula is C18H24N6OS. The highest BCUT2D eigenvalue weighted by molar-refractivity contribution is 7.98. The van der Waals surface area contributed by atoms with E-state index in [1.54, 1.807) is 6.07 Å². The number of rotatable bonds is 5. The summed E-state index contributed by atoms with van der Waals surface area (Å²) < 4.78 is 0. The number of nitrogens with zero attached hydrogens (tertiary/aromatic N) is 4. The molecule has 4 N–H and O–H groups in total. The summed E-state index contributed by atoms with van der Waals surface area (Å²) in [5.74, 6) is 1.67. The Labute approximate surface area is 157 Å². The summed E-state index contributed by atoms with van der Waals surface area (Å²) in [6.07, 6.45) is 2.12. The van der Waals surface area contributed by atoms with Crippen LogP contribution >= 0.6 is 11.8 Å². The van der Waals surface area contributed by atoms with Gasteiger partial charge in [-0.05, 0) is 18.4 Å². The van der Waals surface area contributed by atoms with E-state index in [-0.39, 0.29) is 11.9 Å². The normalized spacial score (nSPS) is 15.2. The SMILES string of the molecule is CSCCN1CCN(C(=O)c2ccc(-c3cc(N)nc(N)n3)cc2)CC1. The second-order valence-corrected chi connectivity index (χ2v) is 7.23. The highest BCUT2D eigenvalue weighted by Gasteiger charge is 2.21. The first-order chi connectivity index (χ1) is 12.6. The number of piperazine rings is 1. The van der Waals surface area contributed by atoms with Crippen molar-refractivity contribution in [3.8, 4) is 11.3 Å². The number of carbonyl (C=O) groups excluding carboxylic acids is 1. The van der Waals surface area contributed by atoms with Crippen LogP contribution < -0.4 is 11.5 Å². The summed E-state index contributed by atoms with van der Waals surface area (Å²) in [6, 6.07) is 9.05. The first-order valence-corrected chi connectivity index (χ1v) is 9.97. The molecule has 1 saturated heterocycles. The van der Waals surface area contributed by atoms with Crippen LogP contribution in [0.1, 0.15) is 10.4 Å². The average molecular weight is 372 g/mol. The smallest absolute Gasteiger partial charge is 0.253 e. The van der Waals surface area contributed by atoms with Gasteiger partial charge in [-0.2, -0.15) is 16.7 Å². The lowest BCUT2D eigenvalue weighted by Crippen LogP contribution is -2.49. The second kappa shape index (κ2) is 8.37. The Balaban J connectivity index is 1.64. The predicted octanol–water partition coefficient (Wildman–Crippen LogP) is 1.43. The van der Waals surface area contributed by atoms with Gasteiger partial charge in [0.1, 0.15) is 5.82 Å². The standard InChI is InChI=1S/C18H24N6OS/c1-26-11-10-23-6-8-24(9-7-23)17(25)14-4-2-13(3-5-14)15-12-16(19)22-18(20)21-15/h2-5,12H,6-11H2,1H3,(H4,19,20,21,22). The molecule has 8 heteroatoms. The average Bonchev–Trinajstić information content (AvgIpc) is 2.65. The molecule has 138 valence electrons. The predicted molar refractivity (Wildman–Crippen MR) is 107 cm³/mol. The Hall–Kier alpha value is -2.32. The minimum atomic E-state index is 0.0720. The Morgan fingerprint density at radius 3 is 2.42 bits per heavy atom. The number of anilines is 2. The monoisotopic (exact) mass is 372 g/mol. The van der Waals surface area contributed by atoms with Crippen LogP contribution in [0.5, 0.6) is 0 Å². The van der Waals surface area contributed by atoms with Crippen molar-refractivity contribution in [2.24, 2.45) is 0 Å². The first kappa shape index (κ1) is 18.5. The highest BCUT2D eigenvalue weighted by Crippen LogP contribution is 2.21. The molecule has 0 atom stereocenters. The molecule has 0 radical (unpaired) electrons. The lowest BCUT2D eigenvalue weighted by molar-refractivity contribution is 0.0644. The van der Waals surface area contributed by atoms with E-state index in [4.69, 9.17) is 11.5 Å². The zero-order valence-electron chi connectivity index (χ0n) is 14.9. The van der Waals surface area contributed by atoms with Gasteiger partial charge in [-0.1, -0.05) is 12.1 Å². The van der Waals surface area contributed by atoms with E-state index >= 15 is 0 Å². The van der Waals surface area contributed by atoms with Crippen molar-refractivity contribution in [1.82, 2.24) is 19.8 Å². The molecule has 7 nitrogen and oxygen atoms in total. The van der Waals surface area contributed by atoms with Crippen molar-refractivity contribution in [2.45, 2.75) is 0 Å². The molecular weight excluding hydrogens is 348 g/mol. The number of nitrogens with two attached hydrogens (primary N) is 2. The Morgan fingerprint density at radius 1 is 1.12 bits per heavy atom. The quantitative estimate of drug-likeness (QED) is 0.818. The Bertz CT molecular complexity index is 739. The molecule has 0 aliphatic carbocycles. The van der Waals surface area contributed by atoms with Gasteiger partial charge in [-0.25, -0.2) is 4.98 Å². The number of amides is 1. The molecule has 1 aliphatic rings. The van der Waals surface area contributed by atoms with Crippen LogP contribution in [0.25, 0.3) is 11.3 Å². The summed E-state index contributed by atoms with van der Waals surface area (Å²) in [6.45, 7) is 4.50. The van der Waals surface area contributed by atoms with Crippen molar-refractivity contribution < 1.29 is 4.79 Å². The lowest BCUT2D eigenvalue weighted by atomic mass is 10.1. The Morgan fingerprint density at radius 2 is 1.81 bits per heavy atom. The van der Waals surface area contributed by atoms with Gasteiger partial charge in [0.2, 0.25) is 5.95 Å². The van der Waals surface area contributed by atoms with Gasteiger partial charge in [-0.3, -0.25) is 9.69 Å². The topological polar surface area (TPSA) is 101 Å². The number of hydrogen-bond donors (Lipinski definition) is 2. The van der Waals surface area contributed by atoms with Gasteiger partial charge in [0.25, 0.3) is 5.91 Å². The number of carbonyl (C=O) groups is 1. The summed E-state index contributed by atoms with van der Waals surface area (Å²) >= 11 is 1.85. The largest absolute Gasteiger partial charge is 0.384 e. The fraction of sp³-hybridized carbons (Fsp3) is 0.389. The molecule has 1 aromatic carbocycles. The summed E-state index contributed by atoms with van der Waals surface area (Å²) in [5, 5.41) is 0. The summed E-state index contributed by atoms with van der Waals surface area (Å²) in [4.78, 5) is 25.1. The minimum Gasteiger partial charge on any atom is -0.384 e. The van der Waals surface area contributed by atoms with Crippen molar-refractivity contribution in [1.29, 1.82) is 0 Å². The van der Waals surface area contributed by atoms with Crippen molar-refractivity contribution in [3.05, 3.63) is 35.9 Å². The number of aromatic nitrogens is 2.